The van der Waals surface area contributed by atoms with E-state index in [0.29, 0.717) is 16.5 Å². The third kappa shape index (κ3) is 3.87. The summed E-state index contributed by atoms with van der Waals surface area (Å²) < 4.78 is 1.07. The Balaban J connectivity index is 1.91. The summed E-state index contributed by atoms with van der Waals surface area (Å²) in [7, 11) is 1.64. The SMILES string of the molecule is CN(/N=C/c1cccc(Cl)c1)c1cc(=O)n(-c2ccccc2)c(=O)[nH]1. The monoisotopic (exact) mass is 354 g/mol. The minimum atomic E-state index is -0.529. The van der Waals surface area contributed by atoms with Crippen LogP contribution in [-0.2, 0) is 0 Å². The fourth-order valence-electron chi connectivity index (χ4n) is 2.28. The number of nitrogens with zero attached hydrogens (tertiary/aromatic N) is 3. The highest BCUT2D eigenvalue weighted by atomic mass is 35.5. The molecule has 1 N–H and O–H groups in total. The van der Waals surface area contributed by atoms with Crippen LogP contribution in [0.25, 0.3) is 5.69 Å². The van der Waals surface area contributed by atoms with Gasteiger partial charge in [-0.15, -0.1) is 0 Å². The quantitative estimate of drug-likeness (QED) is 0.578. The van der Waals surface area contributed by atoms with Crippen LogP contribution in [0, 0.1) is 0 Å². The molecule has 0 amide bonds. The maximum Gasteiger partial charge on any atom is 0.334 e. The van der Waals surface area contributed by atoms with Crippen molar-refractivity contribution >= 4 is 23.6 Å². The van der Waals surface area contributed by atoms with Crippen molar-refractivity contribution in [1.82, 2.24) is 9.55 Å². The molecule has 0 saturated heterocycles. The smallest absolute Gasteiger partial charge is 0.292 e. The second kappa shape index (κ2) is 7.19. The lowest BCUT2D eigenvalue weighted by Gasteiger charge is -2.13. The Labute approximate surface area is 148 Å². The summed E-state index contributed by atoms with van der Waals surface area (Å²) >= 11 is 5.93. The Kier molecular flexibility index (Phi) is 4.81. The van der Waals surface area contributed by atoms with Crippen LogP contribution in [0.4, 0.5) is 5.82 Å². The third-order valence-corrected chi connectivity index (χ3v) is 3.75. The highest BCUT2D eigenvalue weighted by Gasteiger charge is 2.08. The van der Waals surface area contributed by atoms with Crippen LogP contribution in [0.1, 0.15) is 5.56 Å². The van der Waals surface area contributed by atoms with Crippen LogP contribution in [-0.4, -0.2) is 22.8 Å². The number of hydrogen-bond donors (Lipinski definition) is 1. The van der Waals surface area contributed by atoms with Gasteiger partial charge in [-0.05, 0) is 29.8 Å². The molecular formula is C18H15ClN4O2. The number of halogens is 1. The molecule has 3 aromatic rings. The summed E-state index contributed by atoms with van der Waals surface area (Å²) in [5.74, 6) is 0.292. The van der Waals surface area contributed by atoms with Gasteiger partial charge in [0.05, 0.1) is 11.9 Å². The molecule has 2 aromatic carbocycles. The van der Waals surface area contributed by atoms with Crippen LogP contribution in [0.3, 0.4) is 0 Å². The molecule has 7 heteroatoms. The van der Waals surface area contributed by atoms with Gasteiger partial charge in [-0.2, -0.15) is 5.10 Å². The van der Waals surface area contributed by atoms with E-state index in [0.717, 1.165) is 10.1 Å². The van der Waals surface area contributed by atoms with Crippen molar-refractivity contribution in [3.05, 3.63) is 92.1 Å². The van der Waals surface area contributed by atoms with Crippen molar-refractivity contribution in [3.8, 4) is 5.69 Å². The molecule has 0 aliphatic rings. The zero-order valence-electron chi connectivity index (χ0n) is 13.4. The molecule has 3 rings (SSSR count). The molecule has 0 unspecified atom stereocenters. The summed E-state index contributed by atoms with van der Waals surface area (Å²) in [6.07, 6.45) is 1.59. The third-order valence-electron chi connectivity index (χ3n) is 3.51. The predicted molar refractivity (Wildman–Crippen MR) is 100 cm³/mol. The van der Waals surface area contributed by atoms with Crippen molar-refractivity contribution in [2.75, 3.05) is 12.1 Å². The molecule has 0 bridgehead atoms. The van der Waals surface area contributed by atoms with Gasteiger partial charge in [-0.3, -0.25) is 14.8 Å². The van der Waals surface area contributed by atoms with E-state index in [4.69, 9.17) is 11.6 Å². The van der Waals surface area contributed by atoms with Crippen LogP contribution in [0.15, 0.2) is 75.4 Å². The number of anilines is 1. The van der Waals surface area contributed by atoms with Crippen molar-refractivity contribution in [1.29, 1.82) is 0 Å². The predicted octanol–water partition coefficient (Wildman–Crippen LogP) is 2.65. The molecule has 0 aliphatic heterocycles. The molecule has 25 heavy (non-hydrogen) atoms. The molecule has 0 atom stereocenters. The minimum absolute atomic E-state index is 0.292. The molecule has 126 valence electrons. The second-order valence-corrected chi connectivity index (χ2v) is 5.73. The van der Waals surface area contributed by atoms with Gasteiger partial charge in [0.15, 0.2) is 0 Å². The Hall–Kier alpha value is -3.12. The fourth-order valence-corrected chi connectivity index (χ4v) is 2.48. The molecule has 0 fully saturated rings. The van der Waals surface area contributed by atoms with Gasteiger partial charge < -0.3 is 0 Å². The topological polar surface area (TPSA) is 70.5 Å². The van der Waals surface area contributed by atoms with E-state index in [-0.39, 0.29) is 0 Å². The lowest BCUT2D eigenvalue weighted by Crippen LogP contribution is -2.34. The highest BCUT2D eigenvalue weighted by molar-refractivity contribution is 6.30. The first-order valence-electron chi connectivity index (χ1n) is 7.50. The molecular weight excluding hydrogens is 340 g/mol. The standard InChI is InChI=1S/C18H15ClN4O2/c1-22(20-12-13-6-5-7-14(19)10-13)16-11-17(24)23(18(25)21-16)15-8-3-2-4-9-15/h2-12H,1H3,(H,21,25)/b20-12+. The van der Waals surface area contributed by atoms with E-state index >= 15 is 0 Å². The van der Waals surface area contributed by atoms with E-state index in [1.165, 1.54) is 11.1 Å². The maximum atomic E-state index is 12.3. The molecule has 0 saturated carbocycles. The van der Waals surface area contributed by atoms with Crippen molar-refractivity contribution < 1.29 is 0 Å². The number of hydrogen-bond acceptors (Lipinski definition) is 4. The van der Waals surface area contributed by atoms with Crippen LogP contribution >= 0.6 is 11.6 Å². The van der Waals surface area contributed by atoms with Gasteiger partial charge in [-0.25, -0.2) is 9.36 Å². The lowest BCUT2D eigenvalue weighted by molar-refractivity contribution is 0.850. The zero-order valence-corrected chi connectivity index (χ0v) is 14.1. The Morgan fingerprint density at radius 3 is 2.52 bits per heavy atom. The summed E-state index contributed by atoms with van der Waals surface area (Å²) in [4.78, 5) is 27.3. The van der Waals surface area contributed by atoms with E-state index in [1.807, 2.05) is 18.2 Å². The van der Waals surface area contributed by atoms with Crippen LogP contribution < -0.4 is 16.3 Å². The van der Waals surface area contributed by atoms with Crippen molar-refractivity contribution in [2.24, 2.45) is 5.10 Å². The van der Waals surface area contributed by atoms with E-state index in [9.17, 15) is 9.59 Å². The lowest BCUT2D eigenvalue weighted by atomic mass is 10.2. The van der Waals surface area contributed by atoms with E-state index in [2.05, 4.69) is 10.1 Å². The number of hydrazone groups is 1. The zero-order chi connectivity index (χ0) is 17.8. The summed E-state index contributed by atoms with van der Waals surface area (Å²) in [5, 5.41) is 6.24. The molecule has 0 spiro atoms. The average Bonchev–Trinajstić information content (AvgIpc) is 2.60. The van der Waals surface area contributed by atoms with Gasteiger partial charge in [0.2, 0.25) is 0 Å². The summed E-state index contributed by atoms with van der Waals surface area (Å²) in [6.45, 7) is 0. The Morgan fingerprint density at radius 2 is 1.84 bits per heavy atom. The molecule has 0 aliphatic carbocycles. The number of rotatable bonds is 4. The number of aromatic nitrogens is 2. The number of nitrogens with one attached hydrogen (secondary N) is 1. The Bertz CT molecular complexity index is 994. The number of aromatic amines is 1. The molecule has 0 radical (unpaired) electrons. The first-order valence-corrected chi connectivity index (χ1v) is 7.87. The highest BCUT2D eigenvalue weighted by Crippen LogP contribution is 2.10. The largest absolute Gasteiger partial charge is 0.334 e. The average molecular weight is 355 g/mol. The first-order chi connectivity index (χ1) is 12.0. The van der Waals surface area contributed by atoms with E-state index < -0.39 is 11.2 Å². The summed E-state index contributed by atoms with van der Waals surface area (Å²) in [5.41, 5.74) is 0.345. The minimum Gasteiger partial charge on any atom is -0.292 e. The molecule has 1 heterocycles. The second-order valence-electron chi connectivity index (χ2n) is 5.29. The van der Waals surface area contributed by atoms with Gasteiger partial charge in [-0.1, -0.05) is 41.9 Å². The normalized spacial score (nSPS) is 11.0. The van der Waals surface area contributed by atoms with Gasteiger partial charge in [0, 0.05) is 18.1 Å². The number of H-pyrrole nitrogens is 1. The van der Waals surface area contributed by atoms with Gasteiger partial charge in [0.25, 0.3) is 5.56 Å². The molecule has 6 nitrogen and oxygen atoms in total. The van der Waals surface area contributed by atoms with E-state index in [1.54, 1.807) is 49.7 Å². The summed E-state index contributed by atoms with van der Waals surface area (Å²) in [6, 6.07) is 17.2. The van der Waals surface area contributed by atoms with Crippen molar-refractivity contribution in [2.45, 2.75) is 0 Å². The maximum absolute atomic E-state index is 12.3. The first kappa shape index (κ1) is 16.7. The number of para-hydroxylation sites is 1. The number of benzene rings is 2. The fraction of sp³-hybridized carbons (Fsp3) is 0.0556. The van der Waals surface area contributed by atoms with Crippen molar-refractivity contribution in [3.63, 3.8) is 0 Å². The molecule has 1 aromatic heterocycles. The van der Waals surface area contributed by atoms with Crippen LogP contribution in [0.2, 0.25) is 5.02 Å². The van der Waals surface area contributed by atoms with Gasteiger partial charge in [0.1, 0.15) is 5.82 Å². The van der Waals surface area contributed by atoms with Crippen LogP contribution in [0.5, 0.6) is 0 Å². The van der Waals surface area contributed by atoms with Gasteiger partial charge >= 0.3 is 5.69 Å². The Morgan fingerprint density at radius 1 is 1.08 bits per heavy atom.